The molecule has 1 amide bonds. The molecule has 8 heteroatoms. The molecular formula is C21H27FN2O4S. The highest BCUT2D eigenvalue weighted by Gasteiger charge is 2.22. The number of halogens is 1. The molecule has 0 bridgehead atoms. The van der Waals surface area contributed by atoms with Crippen molar-refractivity contribution < 1.29 is 22.3 Å². The molecule has 0 aliphatic carbocycles. The Morgan fingerprint density at radius 3 is 2.21 bits per heavy atom. The molecule has 29 heavy (non-hydrogen) atoms. The van der Waals surface area contributed by atoms with Gasteiger partial charge >= 0.3 is 0 Å². The van der Waals surface area contributed by atoms with Crippen molar-refractivity contribution in [1.29, 1.82) is 0 Å². The van der Waals surface area contributed by atoms with Crippen molar-refractivity contribution in [2.24, 2.45) is 0 Å². The van der Waals surface area contributed by atoms with Crippen molar-refractivity contribution in [3.8, 4) is 5.75 Å². The standard InChI is InChI=1S/C21H27FN2O4S/c1-21(2,3)16-5-9-18(10-6-16)28-14-13-23-20(25)15-24(4)29(26,27)19-11-7-17(22)8-12-19/h5-12H,13-15H2,1-4H3,(H,23,25). The number of ether oxygens (including phenoxy) is 1. The third kappa shape index (κ3) is 6.54. The van der Waals surface area contributed by atoms with Gasteiger partial charge in [0.05, 0.1) is 18.0 Å². The summed E-state index contributed by atoms with van der Waals surface area (Å²) >= 11 is 0. The number of carbonyl (C=O) groups excluding carboxylic acids is 1. The number of nitrogens with one attached hydrogen (secondary N) is 1. The Bertz CT molecular complexity index is 921. The van der Waals surface area contributed by atoms with Gasteiger partial charge in [-0.05, 0) is 47.4 Å². The fourth-order valence-electron chi connectivity index (χ4n) is 2.54. The van der Waals surface area contributed by atoms with Crippen LogP contribution in [0.25, 0.3) is 0 Å². The van der Waals surface area contributed by atoms with E-state index in [0.29, 0.717) is 5.75 Å². The summed E-state index contributed by atoms with van der Waals surface area (Å²) in [6, 6.07) is 12.2. The van der Waals surface area contributed by atoms with Gasteiger partial charge in [0.1, 0.15) is 18.2 Å². The van der Waals surface area contributed by atoms with Crippen LogP contribution in [-0.4, -0.2) is 45.4 Å². The SMILES string of the molecule is CN(CC(=O)NCCOc1ccc(C(C)(C)C)cc1)S(=O)(=O)c1ccc(F)cc1. The average molecular weight is 423 g/mol. The molecule has 2 aromatic carbocycles. The number of hydrogen-bond acceptors (Lipinski definition) is 4. The Hall–Kier alpha value is -2.45. The molecule has 0 saturated heterocycles. The monoisotopic (exact) mass is 422 g/mol. The van der Waals surface area contributed by atoms with Crippen molar-refractivity contribution in [1.82, 2.24) is 9.62 Å². The Labute approximate surface area is 171 Å². The minimum Gasteiger partial charge on any atom is -0.492 e. The van der Waals surface area contributed by atoms with Gasteiger partial charge in [0.15, 0.2) is 0 Å². The molecule has 1 N–H and O–H groups in total. The maximum atomic E-state index is 13.0. The summed E-state index contributed by atoms with van der Waals surface area (Å²) in [4.78, 5) is 11.9. The zero-order valence-electron chi connectivity index (χ0n) is 17.1. The number of carbonyl (C=O) groups is 1. The first-order valence-corrected chi connectivity index (χ1v) is 10.7. The summed E-state index contributed by atoms with van der Waals surface area (Å²) in [5.74, 6) is -0.287. The molecule has 0 aliphatic rings. The van der Waals surface area contributed by atoms with Crippen LogP contribution in [0, 0.1) is 5.82 Å². The zero-order chi connectivity index (χ0) is 21.7. The lowest BCUT2D eigenvalue weighted by Crippen LogP contribution is -2.39. The van der Waals surface area contributed by atoms with Crippen LogP contribution in [0.2, 0.25) is 0 Å². The van der Waals surface area contributed by atoms with Crippen LogP contribution in [0.15, 0.2) is 53.4 Å². The van der Waals surface area contributed by atoms with E-state index in [1.807, 2.05) is 24.3 Å². The van der Waals surface area contributed by atoms with Gasteiger partial charge in [-0.3, -0.25) is 4.79 Å². The lowest BCUT2D eigenvalue weighted by atomic mass is 9.87. The highest BCUT2D eigenvalue weighted by Crippen LogP contribution is 2.24. The van der Waals surface area contributed by atoms with E-state index < -0.39 is 21.7 Å². The number of nitrogens with zero attached hydrogens (tertiary/aromatic N) is 1. The molecule has 158 valence electrons. The van der Waals surface area contributed by atoms with E-state index in [1.54, 1.807) is 0 Å². The van der Waals surface area contributed by atoms with Crippen molar-refractivity contribution in [2.45, 2.75) is 31.1 Å². The Balaban J connectivity index is 1.78. The molecule has 0 atom stereocenters. The van der Waals surface area contributed by atoms with E-state index in [9.17, 15) is 17.6 Å². The second-order valence-corrected chi connectivity index (χ2v) is 9.73. The number of sulfonamides is 1. The van der Waals surface area contributed by atoms with Crippen LogP contribution < -0.4 is 10.1 Å². The third-order valence-corrected chi connectivity index (χ3v) is 6.12. The van der Waals surface area contributed by atoms with E-state index in [1.165, 1.54) is 12.6 Å². The number of likely N-dealkylation sites (N-methyl/N-ethyl adjacent to an activating group) is 1. The molecule has 0 aromatic heterocycles. The molecule has 0 heterocycles. The normalized spacial score (nSPS) is 12.1. The summed E-state index contributed by atoms with van der Waals surface area (Å²) in [7, 11) is -2.57. The van der Waals surface area contributed by atoms with Gasteiger partial charge in [-0.15, -0.1) is 0 Å². The quantitative estimate of drug-likeness (QED) is 0.664. The van der Waals surface area contributed by atoms with E-state index in [-0.39, 0.29) is 30.0 Å². The fourth-order valence-corrected chi connectivity index (χ4v) is 3.67. The lowest BCUT2D eigenvalue weighted by molar-refractivity contribution is -0.121. The maximum absolute atomic E-state index is 13.0. The average Bonchev–Trinajstić information content (AvgIpc) is 2.65. The minimum atomic E-state index is -3.87. The van der Waals surface area contributed by atoms with E-state index in [0.717, 1.165) is 28.6 Å². The van der Waals surface area contributed by atoms with Crippen LogP contribution in [0.1, 0.15) is 26.3 Å². The molecule has 2 rings (SSSR count). The van der Waals surface area contributed by atoms with Gasteiger partial charge in [0.25, 0.3) is 0 Å². The van der Waals surface area contributed by atoms with Gasteiger partial charge in [-0.1, -0.05) is 32.9 Å². The third-order valence-electron chi connectivity index (χ3n) is 4.30. The highest BCUT2D eigenvalue weighted by molar-refractivity contribution is 7.89. The van der Waals surface area contributed by atoms with Gasteiger partial charge < -0.3 is 10.1 Å². The minimum absolute atomic E-state index is 0.0623. The zero-order valence-corrected chi connectivity index (χ0v) is 17.9. The molecule has 0 aliphatic heterocycles. The second-order valence-electron chi connectivity index (χ2n) is 7.69. The van der Waals surface area contributed by atoms with Crippen LogP contribution >= 0.6 is 0 Å². The number of hydrogen-bond donors (Lipinski definition) is 1. The van der Waals surface area contributed by atoms with Crippen molar-refractivity contribution in [3.63, 3.8) is 0 Å². The molecule has 0 saturated carbocycles. The summed E-state index contributed by atoms with van der Waals surface area (Å²) in [6.45, 7) is 6.54. The summed E-state index contributed by atoms with van der Waals surface area (Å²) in [5.41, 5.74) is 1.26. The molecule has 0 unspecified atom stereocenters. The summed E-state index contributed by atoms with van der Waals surface area (Å²) < 4.78 is 44.3. The molecule has 6 nitrogen and oxygen atoms in total. The van der Waals surface area contributed by atoms with Gasteiger partial charge in [-0.25, -0.2) is 12.8 Å². The first kappa shape index (κ1) is 22.8. The Morgan fingerprint density at radius 1 is 1.07 bits per heavy atom. The molecule has 0 radical (unpaired) electrons. The van der Waals surface area contributed by atoms with Crippen molar-refractivity contribution >= 4 is 15.9 Å². The van der Waals surface area contributed by atoms with Gasteiger partial charge in [-0.2, -0.15) is 4.31 Å². The van der Waals surface area contributed by atoms with E-state index in [2.05, 4.69) is 26.1 Å². The van der Waals surface area contributed by atoms with Gasteiger partial charge in [0, 0.05) is 7.05 Å². The smallest absolute Gasteiger partial charge is 0.243 e. The number of rotatable bonds is 8. The lowest BCUT2D eigenvalue weighted by Gasteiger charge is -2.19. The molecular weight excluding hydrogens is 395 g/mol. The topological polar surface area (TPSA) is 75.7 Å². The van der Waals surface area contributed by atoms with E-state index in [4.69, 9.17) is 4.74 Å². The molecule has 2 aromatic rings. The number of amides is 1. The van der Waals surface area contributed by atoms with Crippen LogP contribution in [0.5, 0.6) is 5.75 Å². The predicted octanol–water partition coefficient (Wildman–Crippen LogP) is 2.94. The van der Waals surface area contributed by atoms with Crippen LogP contribution in [0.3, 0.4) is 0 Å². The maximum Gasteiger partial charge on any atom is 0.243 e. The molecule has 0 fully saturated rings. The first-order valence-electron chi connectivity index (χ1n) is 9.22. The van der Waals surface area contributed by atoms with Gasteiger partial charge in [0.2, 0.25) is 15.9 Å². The second kappa shape index (κ2) is 9.37. The highest BCUT2D eigenvalue weighted by atomic mass is 32.2. The number of benzene rings is 2. The van der Waals surface area contributed by atoms with Crippen LogP contribution in [-0.2, 0) is 20.2 Å². The predicted molar refractivity (Wildman–Crippen MR) is 110 cm³/mol. The Morgan fingerprint density at radius 2 is 1.66 bits per heavy atom. The van der Waals surface area contributed by atoms with Crippen molar-refractivity contribution in [2.75, 3.05) is 26.7 Å². The summed E-state index contributed by atoms with van der Waals surface area (Å²) in [5, 5.41) is 2.62. The summed E-state index contributed by atoms with van der Waals surface area (Å²) in [6.07, 6.45) is 0. The van der Waals surface area contributed by atoms with E-state index >= 15 is 0 Å². The van der Waals surface area contributed by atoms with Crippen molar-refractivity contribution in [3.05, 3.63) is 59.9 Å². The fraction of sp³-hybridized carbons (Fsp3) is 0.381. The Kier molecular flexibility index (Phi) is 7.37. The molecule has 0 spiro atoms. The van der Waals surface area contributed by atoms with Crippen LogP contribution in [0.4, 0.5) is 4.39 Å². The largest absolute Gasteiger partial charge is 0.492 e. The first-order chi connectivity index (χ1) is 13.5.